The first-order valence-electron chi connectivity index (χ1n) is 4.40. The highest BCUT2D eigenvalue weighted by Crippen LogP contribution is 2.10. The second-order valence-corrected chi connectivity index (χ2v) is 3.12. The normalized spacial score (nSPS) is 9.85. The predicted octanol–water partition coefficient (Wildman–Crippen LogP) is 1.28. The van der Waals surface area contributed by atoms with E-state index in [1.54, 1.807) is 0 Å². The minimum absolute atomic E-state index is 0.746. The van der Waals surface area contributed by atoms with Crippen LogP contribution in [0.3, 0.4) is 0 Å². The Morgan fingerprint density at radius 2 is 2.08 bits per heavy atom. The fraction of sp³-hybridized carbons (Fsp3) is 0.556. The van der Waals surface area contributed by atoms with Gasteiger partial charge in [0, 0.05) is 32.4 Å². The summed E-state index contributed by atoms with van der Waals surface area (Å²) in [4.78, 5) is 10.5. The zero-order chi connectivity index (χ0) is 9.84. The van der Waals surface area contributed by atoms with Crippen LogP contribution in [0.25, 0.3) is 0 Å². The number of hydrogen-bond donors (Lipinski definition) is 1. The fourth-order valence-corrected chi connectivity index (χ4v) is 1.02. The number of hydrogen-bond acceptors (Lipinski definition) is 4. The van der Waals surface area contributed by atoms with Crippen molar-refractivity contribution >= 4 is 11.8 Å². The summed E-state index contributed by atoms with van der Waals surface area (Å²) in [6, 6.07) is 1.94. The average Bonchev–Trinajstić information content (AvgIpc) is 2.03. The molecule has 0 aliphatic carbocycles. The van der Waals surface area contributed by atoms with Gasteiger partial charge < -0.3 is 10.2 Å². The lowest BCUT2D eigenvalue weighted by Crippen LogP contribution is -2.14. The number of rotatable bonds is 3. The Kier molecular flexibility index (Phi) is 3.06. The Morgan fingerprint density at radius 1 is 1.38 bits per heavy atom. The lowest BCUT2D eigenvalue weighted by molar-refractivity contribution is 0.972. The zero-order valence-electron chi connectivity index (χ0n) is 8.63. The Morgan fingerprint density at radius 3 is 2.62 bits per heavy atom. The van der Waals surface area contributed by atoms with E-state index in [-0.39, 0.29) is 0 Å². The van der Waals surface area contributed by atoms with Gasteiger partial charge in [0.05, 0.1) is 0 Å². The second kappa shape index (κ2) is 4.07. The van der Waals surface area contributed by atoms with Gasteiger partial charge in [-0.15, -0.1) is 0 Å². The number of aryl methyl sites for hydroxylation is 1. The van der Waals surface area contributed by atoms with Crippen molar-refractivity contribution in [3.05, 3.63) is 11.8 Å². The first-order chi connectivity index (χ1) is 6.13. The van der Waals surface area contributed by atoms with Crippen molar-refractivity contribution in [2.75, 3.05) is 30.9 Å². The van der Waals surface area contributed by atoms with Crippen molar-refractivity contribution in [3.8, 4) is 0 Å². The molecule has 0 aromatic carbocycles. The molecule has 0 atom stereocenters. The molecule has 0 spiro atoms. The summed E-state index contributed by atoms with van der Waals surface area (Å²) in [6.07, 6.45) is 0. The van der Waals surface area contributed by atoms with Gasteiger partial charge in [-0.25, -0.2) is 4.98 Å². The third-order valence-electron chi connectivity index (χ3n) is 1.60. The zero-order valence-corrected chi connectivity index (χ0v) is 8.63. The van der Waals surface area contributed by atoms with Crippen molar-refractivity contribution in [2.45, 2.75) is 13.8 Å². The molecule has 1 rings (SSSR count). The molecular weight excluding hydrogens is 164 g/mol. The quantitative estimate of drug-likeness (QED) is 0.760. The Balaban J connectivity index is 2.96. The van der Waals surface area contributed by atoms with Crippen LogP contribution in [0.4, 0.5) is 11.8 Å². The maximum absolute atomic E-state index is 4.33. The van der Waals surface area contributed by atoms with Crippen molar-refractivity contribution in [1.82, 2.24) is 9.97 Å². The molecule has 0 fully saturated rings. The van der Waals surface area contributed by atoms with Crippen molar-refractivity contribution in [2.24, 2.45) is 0 Å². The lowest BCUT2D eigenvalue weighted by Gasteiger charge is -2.12. The Hall–Kier alpha value is -1.32. The summed E-state index contributed by atoms with van der Waals surface area (Å²) in [5, 5.41) is 3.17. The highest BCUT2D eigenvalue weighted by molar-refractivity contribution is 5.42. The van der Waals surface area contributed by atoms with Crippen LogP contribution in [0, 0.1) is 6.92 Å². The minimum Gasteiger partial charge on any atom is -0.370 e. The molecular formula is C9H16N4. The van der Waals surface area contributed by atoms with Gasteiger partial charge in [-0.05, 0) is 13.8 Å². The second-order valence-electron chi connectivity index (χ2n) is 3.12. The van der Waals surface area contributed by atoms with Crippen LogP contribution >= 0.6 is 0 Å². The number of anilines is 2. The SMILES string of the molecule is CCNc1cc(C)nc(N(C)C)n1. The maximum Gasteiger partial charge on any atom is 0.226 e. The molecule has 4 nitrogen and oxygen atoms in total. The molecule has 72 valence electrons. The smallest absolute Gasteiger partial charge is 0.226 e. The molecule has 0 amide bonds. The molecule has 1 aromatic rings. The molecule has 1 aromatic heterocycles. The van der Waals surface area contributed by atoms with Crippen LogP contribution in [0.15, 0.2) is 6.07 Å². The van der Waals surface area contributed by atoms with Crippen molar-refractivity contribution in [3.63, 3.8) is 0 Å². The van der Waals surface area contributed by atoms with E-state index in [0.29, 0.717) is 0 Å². The third-order valence-corrected chi connectivity index (χ3v) is 1.60. The van der Waals surface area contributed by atoms with E-state index in [1.807, 2.05) is 38.9 Å². The fourth-order valence-electron chi connectivity index (χ4n) is 1.02. The average molecular weight is 180 g/mol. The monoisotopic (exact) mass is 180 g/mol. The van der Waals surface area contributed by atoms with Crippen LogP contribution in [-0.4, -0.2) is 30.6 Å². The van der Waals surface area contributed by atoms with Crippen LogP contribution in [0.5, 0.6) is 0 Å². The minimum atomic E-state index is 0.746. The first kappa shape index (κ1) is 9.77. The number of nitrogens with one attached hydrogen (secondary N) is 1. The van der Waals surface area contributed by atoms with Gasteiger partial charge in [-0.3, -0.25) is 0 Å². The molecule has 1 N–H and O–H groups in total. The predicted molar refractivity (Wildman–Crippen MR) is 55.3 cm³/mol. The van der Waals surface area contributed by atoms with Gasteiger partial charge in [0.15, 0.2) is 0 Å². The van der Waals surface area contributed by atoms with Gasteiger partial charge in [0.2, 0.25) is 5.95 Å². The molecule has 4 heteroatoms. The number of aromatic nitrogens is 2. The maximum atomic E-state index is 4.33. The molecule has 0 aliphatic rings. The van der Waals surface area contributed by atoms with E-state index in [9.17, 15) is 0 Å². The molecule has 13 heavy (non-hydrogen) atoms. The van der Waals surface area contributed by atoms with E-state index in [4.69, 9.17) is 0 Å². The summed E-state index contributed by atoms with van der Waals surface area (Å²) in [6.45, 7) is 4.89. The van der Waals surface area contributed by atoms with E-state index in [0.717, 1.165) is 24.0 Å². The first-order valence-corrected chi connectivity index (χ1v) is 4.40. The molecule has 0 radical (unpaired) electrons. The summed E-state index contributed by atoms with van der Waals surface area (Å²) >= 11 is 0. The molecule has 1 heterocycles. The van der Waals surface area contributed by atoms with E-state index < -0.39 is 0 Å². The van der Waals surface area contributed by atoms with Crippen molar-refractivity contribution < 1.29 is 0 Å². The summed E-state index contributed by atoms with van der Waals surface area (Å²) < 4.78 is 0. The Bertz CT molecular complexity index is 283. The van der Waals surface area contributed by atoms with Gasteiger partial charge in [0.1, 0.15) is 5.82 Å². The van der Waals surface area contributed by atoms with Crippen LogP contribution in [0.2, 0.25) is 0 Å². The third kappa shape index (κ3) is 2.57. The van der Waals surface area contributed by atoms with Gasteiger partial charge in [-0.1, -0.05) is 0 Å². The van der Waals surface area contributed by atoms with Crippen molar-refractivity contribution in [1.29, 1.82) is 0 Å². The highest BCUT2D eigenvalue weighted by atomic mass is 15.2. The van der Waals surface area contributed by atoms with Crippen LogP contribution in [0.1, 0.15) is 12.6 Å². The summed E-state index contributed by atoms with van der Waals surface area (Å²) in [7, 11) is 3.87. The molecule has 0 bridgehead atoms. The van der Waals surface area contributed by atoms with Crippen LogP contribution < -0.4 is 10.2 Å². The topological polar surface area (TPSA) is 41.1 Å². The van der Waals surface area contributed by atoms with Gasteiger partial charge >= 0.3 is 0 Å². The van der Waals surface area contributed by atoms with E-state index in [1.165, 1.54) is 0 Å². The van der Waals surface area contributed by atoms with E-state index >= 15 is 0 Å². The molecule has 0 saturated carbocycles. The highest BCUT2D eigenvalue weighted by Gasteiger charge is 2.02. The Labute approximate surface area is 79.0 Å². The molecule has 0 saturated heterocycles. The largest absolute Gasteiger partial charge is 0.370 e. The summed E-state index contributed by atoms with van der Waals surface area (Å²) in [5.74, 6) is 1.63. The van der Waals surface area contributed by atoms with Gasteiger partial charge in [0.25, 0.3) is 0 Å². The summed E-state index contributed by atoms with van der Waals surface area (Å²) in [5.41, 5.74) is 0.981. The molecule has 0 aliphatic heterocycles. The lowest BCUT2D eigenvalue weighted by atomic mass is 10.4. The number of nitrogens with zero attached hydrogens (tertiary/aromatic N) is 3. The standard InChI is InChI=1S/C9H16N4/c1-5-10-8-6-7(2)11-9(12-8)13(3)4/h6H,5H2,1-4H3,(H,10,11,12). The van der Waals surface area contributed by atoms with Gasteiger partial charge in [-0.2, -0.15) is 4.98 Å². The molecule has 0 unspecified atom stereocenters. The van der Waals surface area contributed by atoms with Crippen LogP contribution in [-0.2, 0) is 0 Å². The van der Waals surface area contributed by atoms with E-state index in [2.05, 4.69) is 15.3 Å².